The smallest absolute Gasteiger partial charge is 0.241 e. The van der Waals surface area contributed by atoms with Crippen molar-refractivity contribution in [3.8, 4) is 0 Å². The topological polar surface area (TPSA) is 76.1 Å². The summed E-state index contributed by atoms with van der Waals surface area (Å²) in [6, 6.07) is 8.32. The van der Waals surface area contributed by atoms with Crippen LogP contribution in [-0.2, 0) is 10.0 Å². The first-order valence-electron chi connectivity index (χ1n) is 7.67. The van der Waals surface area contributed by atoms with Crippen LogP contribution in [0.2, 0.25) is 5.02 Å². The van der Waals surface area contributed by atoms with E-state index in [9.17, 15) is 13.2 Å². The fraction of sp³-hybridized carbons (Fsp3) is 0.111. The van der Waals surface area contributed by atoms with Crippen molar-refractivity contribution in [1.29, 1.82) is 0 Å². The molecule has 0 fully saturated rings. The van der Waals surface area contributed by atoms with Crippen LogP contribution < -0.4 is 4.72 Å². The number of ketones is 1. The lowest BCUT2D eigenvalue weighted by molar-refractivity contribution is 0.102. The van der Waals surface area contributed by atoms with Gasteiger partial charge in [0, 0.05) is 33.6 Å². The zero-order chi connectivity index (χ0) is 18.7. The summed E-state index contributed by atoms with van der Waals surface area (Å²) in [6.07, 6.45) is 6.40. The molecule has 1 atom stereocenters. The maximum atomic E-state index is 12.8. The SMILES string of the molecule is O=C(C1=CC(Cl)=CCC1NS(=O)(=O)c1ccc(Cl)cc1)c1cccnc1. The number of nitrogens with one attached hydrogen (secondary N) is 1. The van der Waals surface area contributed by atoms with Crippen molar-refractivity contribution in [3.63, 3.8) is 0 Å². The Morgan fingerprint density at radius 3 is 2.54 bits per heavy atom. The molecule has 3 rings (SSSR count). The quantitative estimate of drug-likeness (QED) is 0.764. The van der Waals surface area contributed by atoms with Crippen LogP contribution >= 0.6 is 23.2 Å². The van der Waals surface area contributed by atoms with E-state index in [2.05, 4.69) is 9.71 Å². The van der Waals surface area contributed by atoms with Gasteiger partial charge in [-0.15, -0.1) is 0 Å². The molecule has 2 aromatic rings. The highest BCUT2D eigenvalue weighted by Crippen LogP contribution is 2.25. The van der Waals surface area contributed by atoms with Crippen LogP contribution in [0.4, 0.5) is 0 Å². The Balaban J connectivity index is 1.90. The molecule has 134 valence electrons. The molecule has 1 aliphatic rings. The molecule has 1 unspecified atom stereocenters. The van der Waals surface area contributed by atoms with Crippen LogP contribution in [0.5, 0.6) is 0 Å². The fourth-order valence-corrected chi connectivity index (χ4v) is 4.09. The zero-order valence-electron chi connectivity index (χ0n) is 13.4. The predicted octanol–water partition coefficient (Wildman–Crippen LogP) is 3.72. The minimum atomic E-state index is -3.83. The number of halogens is 2. The Hall–Kier alpha value is -1.99. The first kappa shape index (κ1) is 18.8. The molecule has 8 heteroatoms. The number of carbonyl (C=O) groups excluding carboxylic acids is 1. The average molecular weight is 409 g/mol. The summed E-state index contributed by atoms with van der Waals surface area (Å²) in [6.45, 7) is 0. The van der Waals surface area contributed by atoms with Gasteiger partial charge in [0.25, 0.3) is 0 Å². The van der Waals surface area contributed by atoms with E-state index in [-0.39, 0.29) is 22.7 Å². The molecule has 1 aliphatic carbocycles. The standard InChI is InChI=1S/C18H14Cl2N2O3S/c19-13-3-6-15(7-4-13)26(24,25)22-17-8-5-14(20)10-16(17)18(23)12-2-1-9-21-11-12/h1-7,9-11,17,22H,8H2. The molecule has 1 heterocycles. The van der Waals surface area contributed by atoms with Gasteiger partial charge in [-0.25, -0.2) is 13.1 Å². The van der Waals surface area contributed by atoms with Gasteiger partial charge in [0.15, 0.2) is 5.78 Å². The highest BCUT2D eigenvalue weighted by molar-refractivity contribution is 7.89. The number of Topliss-reactive ketones (excluding diaryl/α,β-unsaturated/α-hetero) is 1. The summed E-state index contributed by atoms with van der Waals surface area (Å²) in [5.74, 6) is -0.326. The largest absolute Gasteiger partial charge is 0.289 e. The van der Waals surface area contributed by atoms with E-state index in [4.69, 9.17) is 23.2 Å². The first-order valence-corrected chi connectivity index (χ1v) is 9.90. The van der Waals surface area contributed by atoms with Crippen LogP contribution in [0.25, 0.3) is 0 Å². The monoisotopic (exact) mass is 408 g/mol. The Morgan fingerprint density at radius 2 is 1.88 bits per heavy atom. The maximum Gasteiger partial charge on any atom is 0.241 e. The lowest BCUT2D eigenvalue weighted by Gasteiger charge is -2.23. The van der Waals surface area contributed by atoms with Crippen LogP contribution in [-0.4, -0.2) is 25.2 Å². The molecule has 0 spiro atoms. The summed E-state index contributed by atoms with van der Waals surface area (Å²) in [5.41, 5.74) is 0.629. The summed E-state index contributed by atoms with van der Waals surface area (Å²) < 4.78 is 27.8. The van der Waals surface area contributed by atoms with Gasteiger partial charge in [-0.05, 0) is 48.9 Å². The molecule has 0 amide bonds. The van der Waals surface area contributed by atoms with E-state index in [1.165, 1.54) is 36.5 Å². The number of nitrogens with zero attached hydrogens (tertiary/aromatic N) is 1. The minimum Gasteiger partial charge on any atom is -0.289 e. The number of allylic oxidation sites excluding steroid dienone is 2. The molecule has 1 aromatic heterocycles. The van der Waals surface area contributed by atoms with Gasteiger partial charge < -0.3 is 0 Å². The number of pyridine rings is 1. The van der Waals surface area contributed by atoms with E-state index in [0.717, 1.165) is 0 Å². The van der Waals surface area contributed by atoms with Crippen molar-refractivity contribution >= 4 is 39.0 Å². The third-order valence-corrected chi connectivity index (χ3v) is 5.83. The number of hydrogen-bond donors (Lipinski definition) is 1. The van der Waals surface area contributed by atoms with E-state index in [1.54, 1.807) is 24.4 Å². The summed E-state index contributed by atoms with van der Waals surface area (Å²) >= 11 is 11.8. The number of carbonyl (C=O) groups is 1. The second-order valence-corrected chi connectivity index (χ2v) is 8.21. The Labute approximate surface area is 161 Å². The van der Waals surface area contributed by atoms with Gasteiger partial charge in [-0.2, -0.15) is 0 Å². The Morgan fingerprint density at radius 1 is 1.15 bits per heavy atom. The van der Waals surface area contributed by atoms with Gasteiger partial charge >= 0.3 is 0 Å². The fourth-order valence-electron chi connectivity index (χ4n) is 2.53. The summed E-state index contributed by atoms with van der Waals surface area (Å²) in [4.78, 5) is 16.8. The summed E-state index contributed by atoms with van der Waals surface area (Å²) in [5, 5.41) is 0.822. The number of benzene rings is 1. The van der Waals surface area contributed by atoms with Crippen LogP contribution in [0.3, 0.4) is 0 Å². The molecular weight excluding hydrogens is 395 g/mol. The molecule has 0 radical (unpaired) electrons. The van der Waals surface area contributed by atoms with Crippen molar-refractivity contribution in [2.24, 2.45) is 0 Å². The van der Waals surface area contributed by atoms with E-state index >= 15 is 0 Å². The molecule has 0 bridgehead atoms. The van der Waals surface area contributed by atoms with Crippen molar-refractivity contribution in [3.05, 3.63) is 82.1 Å². The molecule has 0 saturated carbocycles. The molecule has 26 heavy (non-hydrogen) atoms. The van der Waals surface area contributed by atoms with Crippen LogP contribution in [0, 0.1) is 0 Å². The zero-order valence-corrected chi connectivity index (χ0v) is 15.7. The molecule has 0 saturated heterocycles. The average Bonchev–Trinajstić information content (AvgIpc) is 2.63. The lowest BCUT2D eigenvalue weighted by Crippen LogP contribution is -2.39. The van der Waals surface area contributed by atoms with Gasteiger partial charge in [-0.1, -0.05) is 29.3 Å². The van der Waals surface area contributed by atoms with Crippen molar-refractivity contribution in [2.45, 2.75) is 17.4 Å². The highest BCUT2D eigenvalue weighted by atomic mass is 35.5. The lowest BCUT2D eigenvalue weighted by atomic mass is 9.93. The van der Waals surface area contributed by atoms with Gasteiger partial charge in [0.1, 0.15) is 0 Å². The molecular formula is C18H14Cl2N2O3S. The van der Waals surface area contributed by atoms with Crippen molar-refractivity contribution in [1.82, 2.24) is 9.71 Å². The van der Waals surface area contributed by atoms with E-state index in [1.807, 2.05) is 0 Å². The Bertz CT molecular complexity index is 985. The number of aromatic nitrogens is 1. The molecule has 1 aromatic carbocycles. The normalized spacial score (nSPS) is 17.4. The third-order valence-electron chi connectivity index (χ3n) is 3.82. The maximum absolute atomic E-state index is 12.8. The predicted molar refractivity (Wildman–Crippen MR) is 101 cm³/mol. The molecule has 0 aliphatic heterocycles. The van der Waals surface area contributed by atoms with E-state index in [0.29, 0.717) is 15.6 Å². The van der Waals surface area contributed by atoms with Gasteiger partial charge in [0.05, 0.1) is 10.9 Å². The van der Waals surface area contributed by atoms with Gasteiger partial charge in [-0.3, -0.25) is 9.78 Å². The number of sulfonamides is 1. The van der Waals surface area contributed by atoms with Crippen molar-refractivity contribution in [2.75, 3.05) is 0 Å². The minimum absolute atomic E-state index is 0.0655. The summed E-state index contributed by atoms with van der Waals surface area (Å²) in [7, 11) is -3.83. The highest BCUT2D eigenvalue weighted by Gasteiger charge is 2.29. The Kier molecular flexibility index (Phi) is 5.58. The molecule has 5 nitrogen and oxygen atoms in total. The second kappa shape index (κ2) is 7.72. The van der Waals surface area contributed by atoms with Crippen molar-refractivity contribution < 1.29 is 13.2 Å². The van der Waals surface area contributed by atoms with Crippen LogP contribution in [0.15, 0.2) is 76.4 Å². The number of rotatable bonds is 5. The number of hydrogen-bond acceptors (Lipinski definition) is 4. The van der Waals surface area contributed by atoms with Gasteiger partial charge in [0.2, 0.25) is 10.0 Å². The third kappa shape index (κ3) is 4.22. The first-order chi connectivity index (χ1) is 12.4. The second-order valence-electron chi connectivity index (χ2n) is 5.62. The van der Waals surface area contributed by atoms with Crippen LogP contribution in [0.1, 0.15) is 16.8 Å². The molecule has 1 N–H and O–H groups in total. The van der Waals surface area contributed by atoms with E-state index < -0.39 is 16.1 Å².